The van der Waals surface area contributed by atoms with Crippen LogP contribution < -0.4 is 11.1 Å². The van der Waals surface area contributed by atoms with Gasteiger partial charge in [0.1, 0.15) is 11.1 Å². The van der Waals surface area contributed by atoms with Crippen LogP contribution in [-0.2, 0) is 4.79 Å². The smallest absolute Gasteiger partial charge is 0.238 e. The Kier molecular flexibility index (Phi) is 7.94. The van der Waals surface area contributed by atoms with Gasteiger partial charge in [0.25, 0.3) is 0 Å². The Morgan fingerprint density at radius 1 is 1.04 bits per heavy atom. The van der Waals surface area contributed by atoms with E-state index in [-0.39, 0.29) is 41.5 Å². The second-order valence-electron chi connectivity index (χ2n) is 6.48. The van der Waals surface area contributed by atoms with Crippen LogP contribution in [0.5, 0.6) is 0 Å². The molecule has 1 atom stereocenters. The van der Waals surface area contributed by atoms with Gasteiger partial charge >= 0.3 is 0 Å². The average Bonchev–Trinajstić information content (AvgIpc) is 2.64. The zero-order valence-corrected chi connectivity index (χ0v) is 16.1. The third-order valence-electron chi connectivity index (χ3n) is 4.53. The zero-order valence-electron chi connectivity index (χ0n) is 14.4. The lowest BCUT2D eigenvalue weighted by molar-refractivity contribution is -0.121. The van der Waals surface area contributed by atoms with Crippen molar-refractivity contribution in [3.63, 3.8) is 0 Å². The number of carbonyl (C=O) groups is 1. The van der Waals surface area contributed by atoms with E-state index in [0.717, 1.165) is 36.1 Å². The van der Waals surface area contributed by atoms with E-state index in [1.165, 1.54) is 23.9 Å². The first-order valence-corrected chi connectivity index (χ1v) is 9.53. The topological polar surface area (TPSA) is 55.1 Å². The lowest BCUT2D eigenvalue weighted by Gasteiger charge is -2.28. The van der Waals surface area contributed by atoms with Gasteiger partial charge in [0, 0.05) is 17.0 Å². The standard InChI is InChI=1S/C20H23FN2OS.ClH/c21-15-6-12-18(13-7-15)25-19(14-4-2-1-3-5-14)20(24)23-17-10-8-16(22)9-11-17;/h1-7,12-13,16-17,19H,8-11,22H2,(H,23,24);1H. The highest BCUT2D eigenvalue weighted by Crippen LogP contribution is 2.36. The molecular formula is C20H24ClFN2OS. The van der Waals surface area contributed by atoms with Crippen LogP contribution in [0.4, 0.5) is 4.39 Å². The van der Waals surface area contributed by atoms with E-state index >= 15 is 0 Å². The van der Waals surface area contributed by atoms with E-state index in [1.54, 1.807) is 12.1 Å². The molecule has 26 heavy (non-hydrogen) atoms. The van der Waals surface area contributed by atoms with Crippen LogP contribution in [0.3, 0.4) is 0 Å². The molecular weight excluding hydrogens is 371 g/mol. The van der Waals surface area contributed by atoms with Crippen molar-refractivity contribution in [1.82, 2.24) is 5.32 Å². The monoisotopic (exact) mass is 394 g/mol. The number of halogens is 2. The fraction of sp³-hybridized carbons (Fsp3) is 0.350. The Morgan fingerprint density at radius 3 is 2.27 bits per heavy atom. The minimum atomic E-state index is -0.359. The van der Waals surface area contributed by atoms with E-state index in [0.29, 0.717) is 0 Å². The number of carbonyl (C=O) groups excluding carboxylic acids is 1. The molecule has 1 fully saturated rings. The van der Waals surface area contributed by atoms with E-state index in [1.807, 2.05) is 30.3 Å². The van der Waals surface area contributed by atoms with Gasteiger partial charge in [0.05, 0.1) is 0 Å². The summed E-state index contributed by atoms with van der Waals surface area (Å²) in [5.74, 6) is -0.274. The molecule has 0 bridgehead atoms. The number of hydrogen-bond donors (Lipinski definition) is 2. The van der Waals surface area contributed by atoms with Crippen molar-refractivity contribution in [3.8, 4) is 0 Å². The van der Waals surface area contributed by atoms with Crippen LogP contribution in [0, 0.1) is 5.82 Å². The summed E-state index contributed by atoms with van der Waals surface area (Å²) in [6.07, 6.45) is 3.75. The van der Waals surface area contributed by atoms with Gasteiger partial charge in [0.2, 0.25) is 5.91 Å². The molecule has 1 aliphatic rings. The van der Waals surface area contributed by atoms with E-state index < -0.39 is 0 Å². The Labute approximate surface area is 164 Å². The molecule has 1 amide bonds. The SMILES string of the molecule is Cl.NC1CCC(NC(=O)C(Sc2ccc(F)cc2)c2ccccc2)CC1. The maximum absolute atomic E-state index is 13.1. The van der Waals surface area contributed by atoms with Crippen molar-refractivity contribution in [2.45, 2.75) is 47.9 Å². The third kappa shape index (κ3) is 5.73. The number of thioether (sulfide) groups is 1. The van der Waals surface area contributed by atoms with Gasteiger partial charge in [-0.15, -0.1) is 24.2 Å². The second kappa shape index (κ2) is 9.95. The maximum Gasteiger partial charge on any atom is 0.238 e. The molecule has 2 aromatic rings. The van der Waals surface area contributed by atoms with Crippen molar-refractivity contribution in [1.29, 1.82) is 0 Å². The molecule has 140 valence electrons. The first kappa shape index (κ1) is 20.7. The average molecular weight is 395 g/mol. The highest BCUT2D eigenvalue weighted by Gasteiger charge is 2.26. The molecule has 2 aromatic carbocycles. The summed E-state index contributed by atoms with van der Waals surface area (Å²) < 4.78 is 13.1. The molecule has 3 nitrogen and oxygen atoms in total. The zero-order chi connectivity index (χ0) is 17.6. The Hall–Kier alpha value is -1.56. The van der Waals surface area contributed by atoms with Gasteiger partial charge < -0.3 is 11.1 Å². The van der Waals surface area contributed by atoms with Crippen molar-refractivity contribution in [2.24, 2.45) is 5.73 Å². The molecule has 1 saturated carbocycles. The van der Waals surface area contributed by atoms with Gasteiger partial charge in [0.15, 0.2) is 0 Å². The number of nitrogens with one attached hydrogen (secondary N) is 1. The molecule has 1 aliphatic carbocycles. The predicted octanol–water partition coefficient (Wildman–Crippen LogP) is 4.47. The molecule has 1 unspecified atom stereocenters. The highest BCUT2D eigenvalue weighted by atomic mass is 35.5. The summed E-state index contributed by atoms with van der Waals surface area (Å²) in [5, 5.41) is 2.82. The van der Waals surface area contributed by atoms with Gasteiger partial charge in [-0.1, -0.05) is 30.3 Å². The summed E-state index contributed by atoms with van der Waals surface area (Å²) in [7, 11) is 0. The molecule has 0 spiro atoms. The van der Waals surface area contributed by atoms with Crippen LogP contribution in [0.1, 0.15) is 36.5 Å². The molecule has 0 radical (unpaired) electrons. The fourth-order valence-electron chi connectivity index (χ4n) is 3.09. The van der Waals surface area contributed by atoms with Crippen LogP contribution >= 0.6 is 24.2 Å². The molecule has 0 aliphatic heterocycles. The van der Waals surface area contributed by atoms with Gasteiger partial charge in [-0.25, -0.2) is 4.39 Å². The largest absolute Gasteiger partial charge is 0.352 e. The summed E-state index contributed by atoms with van der Waals surface area (Å²) >= 11 is 1.44. The third-order valence-corrected chi connectivity index (χ3v) is 5.79. The van der Waals surface area contributed by atoms with E-state index in [9.17, 15) is 9.18 Å². The van der Waals surface area contributed by atoms with E-state index in [4.69, 9.17) is 5.73 Å². The minimum absolute atomic E-state index is 0. The summed E-state index contributed by atoms with van der Waals surface area (Å²) in [6.45, 7) is 0. The number of hydrogen-bond acceptors (Lipinski definition) is 3. The molecule has 6 heteroatoms. The van der Waals surface area contributed by atoms with Crippen LogP contribution in [0.2, 0.25) is 0 Å². The molecule has 0 saturated heterocycles. The first-order chi connectivity index (χ1) is 12.1. The van der Waals surface area contributed by atoms with Crippen LogP contribution in [0.15, 0.2) is 59.5 Å². The van der Waals surface area contributed by atoms with Gasteiger partial charge in [-0.2, -0.15) is 0 Å². The summed E-state index contributed by atoms with van der Waals surface area (Å²) in [6, 6.07) is 16.4. The number of rotatable bonds is 5. The number of nitrogens with two attached hydrogens (primary N) is 1. The predicted molar refractivity (Wildman–Crippen MR) is 107 cm³/mol. The molecule has 0 aromatic heterocycles. The summed E-state index contributed by atoms with van der Waals surface area (Å²) in [5.41, 5.74) is 6.89. The van der Waals surface area contributed by atoms with Gasteiger partial charge in [-0.3, -0.25) is 4.79 Å². The minimum Gasteiger partial charge on any atom is -0.352 e. The highest BCUT2D eigenvalue weighted by molar-refractivity contribution is 8.00. The summed E-state index contributed by atoms with van der Waals surface area (Å²) in [4.78, 5) is 13.8. The fourth-order valence-corrected chi connectivity index (χ4v) is 4.12. The second-order valence-corrected chi connectivity index (χ2v) is 7.66. The van der Waals surface area contributed by atoms with Crippen molar-refractivity contribution < 1.29 is 9.18 Å². The van der Waals surface area contributed by atoms with Crippen molar-refractivity contribution >= 4 is 30.1 Å². The maximum atomic E-state index is 13.1. The Bertz CT molecular complexity index is 691. The van der Waals surface area contributed by atoms with Crippen molar-refractivity contribution in [2.75, 3.05) is 0 Å². The first-order valence-electron chi connectivity index (χ1n) is 8.65. The molecule has 3 rings (SSSR count). The number of amides is 1. The quantitative estimate of drug-likeness (QED) is 0.736. The van der Waals surface area contributed by atoms with E-state index in [2.05, 4.69) is 5.32 Å². The van der Waals surface area contributed by atoms with Crippen LogP contribution in [-0.4, -0.2) is 18.0 Å². The van der Waals surface area contributed by atoms with Crippen molar-refractivity contribution in [3.05, 3.63) is 66.0 Å². The molecule has 3 N–H and O–H groups in total. The normalized spacial score (nSPS) is 20.7. The Morgan fingerprint density at radius 2 is 1.65 bits per heavy atom. The van der Waals surface area contributed by atoms with Gasteiger partial charge in [-0.05, 0) is 55.5 Å². The molecule has 0 heterocycles. The Balaban J connectivity index is 0.00000243. The lowest BCUT2D eigenvalue weighted by atomic mass is 9.91. The van der Waals surface area contributed by atoms with Crippen LogP contribution in [0.25, 0.3) is 0 Å². The lowest BCUT2D eigenvalue weighted by Crippen LogP contribution is -2.41. The number of benzene rings is 2.